The van der Waals surface area contributed by atoms with E-state index in [0.717, 1.165) is 62.5 Å². The summed E-state index contributed by atoms with van der Waals surface area (Å²) < 4.78 is 7.72. The number of hydrogen-bond donors (Lipinski definition) is 2. The fraction of sp³-hybridized carbons (Fsp3) is 0.478. The minimum absolute atomic E-state index is 0.121. The average Bonchev–Trinajstić information content (AvgIpc) is 3.33. The van der Waals surface area contributed by atoms with E-state index in [1.165, 1.54) is 10.9 Å². The van der Waals surface area contributed by atoms with Gasteiger partial charge in [0.1, 0.15) is 5.82 Å². The first kappa shape index (κ1) is 19.7. The van der Waals surface area contributed by atoms with E-state index in [9.17, 15) is 4.79 Å². The highest BCUT2D eigenvalue weighted by Gasteiger charge is 2.21. The number of imidazole rings is 1. The van der Waals surface area contributed by atoms with Gasteiger partial charge in [-0.3, -0.25) is 4.79 Å². The number of amides is 1. The fourth-order valence-electron chi connectivity index (χ4n) is 4.23. The third-order valence-corrected chi connectivity index (χ3v) is 5.85. The second-order valence-electron chi connectivity index (χ2n) is 7.86. The van der Waals surface area contributed by atoms with Crippen LogP contribution in [-0.4, -0.2) is 40.2 Å². The third kappa shape index (κ3) is 4.70. The SMILES string of the molecule is Cc1cnc(C2CCOCC2)n1CCNC(=O)CCCc1c[nH]c2ccccc12. The number of H-pyrrole nitrogens is 1. The molecule has 6 heteroatoms. The molecule has 4 rings (SSSR count). The van der Waals surface area contributed by atoms with Crippen molar-refractivity contribution in [2.24, 2.45) is 0 Å². The number of benzene rings is 1. The van der Waals surface area contributed by atoms with E-state index in [1.807, 2.05) is 12.3 Å². The Balaban J connectivity index is 1.23. The summed E-state index contributed by atoms with van der Waals surface area (Å²) in [7, 11) is 0. The van der Waals surface area contributed by atoms with Crippen molar-refractivity contribution in [3.8, 4) is 0 Å². The number of aromatic amines is 1. The second-order valence-corrected chi connectivity index (χ2v) is 7.86. The van der Waals surface area contributed by atoms with Crippen molar-refractivity contribution in [2.75, 3.05) is 19.8 Å². The summed E-state index contributed by atoms with van der Waals surface area (Å²) in [6.45, 7) is 5.11. The summed E-state index contributed by atoms with van der Waals surface area (Å²) >= 11 is 0. The number of hydrogen-bond acceptors (Lipinski definition) is 3. The van der Waals surface area contributed by atoms with Crippen molar-refractivity contribution in [3.05, 3.63) is 53.7 Å². The van der Waals surface area contributed by atoms with Gasteiger partial charge in [-0.05, 0) is 44.2 Å². The van der Waals surface area contributed by atoms with Crippen LogP contribution in [0.2, 0.25) is 0 Å². The smallest absolute Gasteiger partial charge is 0.220 e. The highest BCUT2D eigenvalue weighted by atomic mass is 16.5. The Kier molecular flexibility index (Phi) is 6.30. The van der Waals surface area contributed by atoms with E-state index in [0.29, 0.717) is 18.9 Å². The molecule has 0 unspecified atom stereocenters. The molecule has 0 saturated carbocycles. The summed E-state index contributed by atoms with van der Waals surface area (Å²) in [6.07, 6.45) is 8.36. The maximum atomic E-state index is 12.3. The van der Waals surface area contributed by atoms with Gasteiger partial charge in [-0.25, -0.2) is 4.98 Å². The molecule has 29 heavy (non-hydrogen) atoms. The first-order valence-electron chi connectivity index (χ1n) is 10.6. The molecule has 6 nitrogen and oxygen atoms in total. The normalized spacial score (nSPS) is 15.1. The topological polar surface area (TPSA) is 71.9 Å². The summed E-state index contributed by atoms with van der Waals surface area (Å²) in [5.74, 6) is 1.72. The lowest BCUT2D eigenvalue weighted by Gasteiger charge is -2.23. The van der Waals surface area contributed by atoms with Gasteiger partial charge >= 0.3 is 0 Å². The van der Waals surface area contributed by atoms with Crippen LogP contribution in [0.25, 0.3) is 10.9 Å². The van der Waals surface area contributed by atoms with Crippen LogP contribution in [-0.2, 0) is 22.5 Å². The molecule has 3 aromatic rings. The second kappa shape index (κ2) is 9.27. The van der Waals surface area contributed by atoms with Crippen LogP contribution in [0.15, 0.2) is 36.7 Å². The van der Waals surface area contributed by atoms with E-state index < -0.39 is 0 Å². The highest BCUT2D eigenvalue weighted by molar-refractivity contribution is 5.83. The Labute approximate surface area is 171 Å². The highest BCUT2D eigenvalue weighted by Crippen LogP contribution is 2.26. The average molecular weight is 395 g/mol. The van der Waals surface area contributed by atoms with Crippen molar-refractivity contribution in [3.63, 3.8) is 0 Å². The Morgan fingerprint density at radius 1 is 1.31 bits per heavy atom. The van der Waals surface area contributed by atoms with Crippen molar-refractivity contribution in [1.29, 1.82) is 0 Å². The number of para-hydroxylation sites is 1. The first-order chi connectivity index (χ1) is 14.2. The molecular weight excluding hydrogens is 364 g/mol. The van der Waals surface area contributed by atoms with Crippen LogP contribution < -0.4 is 5.32 Å². The van der Waals surface area contributed by atoms with Crippen molar-refractivity contribution < 1.29 is 9.53 Å². The van der Waals surface area contributed by atoms with Crippen LogP contribution in [0.3, 0.4) is 0 Å². The Morgan fingerprint density at radius 3 is 3.00 bits per heavy atom. The van der Waals surface area contributed by atoms with Crippen LogP contribution in [0.1, 0.15) is 48.7 Å². The van der Waals surface area contributed by atoms with Gasteiger partial charge in [-0.1, -0.05) is 18.2 Å². The van der Waals surface area contributed by atoms with Gasteiger partial charge in [-0.2, -0.15) is 0 Å². The molecule has 0 aliphatic carbocycles. The molecule has 1 aliphatic rings. The van der Waals surface area contributed by atoms with Gasteiger partial charge in [0.25, 0.3) is 0 Å². The molecule has 1 amide bonds. The molecule has 1 aromatic carbocycles. The maximum absolute atomic E-state index is 12.3. The molecule has 1 fully saturated rings. The standard InChI is InChI=1S/C23H30N4O2/c1-17-15-26-23(18-9-13-29-14-10-18)27(17)12-11-24-22(28)8-4-5-19-16-25-21-7-3-2-6-20(19)21/h2-3,6-7,15-16,18,25H,4-5,8-14H2,1H3,(H,24,28). The van der Waals surface area contributed by atoms with Crippen LogP contribution in [0, 0.1) is 6.92 Å². The number of carbonyl (C=O) groups excluding carboxylic acids is 1. The molecule has 1 saturated heterocycles. The molecule has 0 radical (unpaired) electrons. The molecule has 3 heterocycles. The summed E-state index contributed by atoms with van der Waals surface area (Å²) in [5, 5.41) is 4.33. The number of nitrogens with zero attached hydrogens (tertiary/aromatic N) is 2. The Hall–Kier alpha value is -2.60. The molecule has 0 bridgehead atoms. The van der Waals surface area contributed by atoms with E-state index in [4.69, 9.17) is 4.74 Å². The zero-order valence-corrected chi connectivity index (χ0v) is 17.1. The van der Waals surface area contributed by atoms with Gasteiger partial charge in [0.05, 0.1) is 0 Å². The minimum atomic E-state index is 0.121. The van der Waals surface area contributed by atoms with Gasteiger partial charge in [0.15, 0.2) is 0 Å². The Bertz CT molecular complexity index is 953. The number of fused-ring (bicyclic) bond motifs is 1. The minimum Gasteiger partial charge on any atom is -0.381 e. The van der Waals surface area contributed by atoms with E-state index in [1.54, 1.807) is 0 Å². The lowest BCUT2D eigenvalue weighted by atomic mass is 9.99. The number of aromatic nitrogens is 3. The van der Waals surface area contributed by atoms with Gasteiger partial charge in [0.2, 0.25) is 5.91 Å². The van der Waals surface area contributed by atoms with Crippen LogP contribution in [0.5, 0.6) is 0 Å². The largest absolute Gasteiger partial charge is 0.381 e. The zero-order valence-electron chi connectivity index (χ0n) is 17.1. The number of aryl methyl sites for hydroxylation is 2. The quantitative estimate of drug-likeness (QED) is 0.612. The maximum Gasteiger partial charge on any atom is 0.220 e. The van der Waals surface area contributed by atoms with Gasteiger partial charge in [0, 0.05) is 67.6 Å². The number of carbonyl (C=O) groups is 1. The predicted molar refractivity (Wildman–Crippen MR) is 114 cm³/mol. The zero-order chi connectivity index (χ0) is 20.1. The first-order valence-corrected chi connectivity index (χ1v) is 10.6. The molecule has 154 valence electrons. The van der Waals surface area contributed by atoms with Gasteiger partial charge < -0.3 is 19.6 Å². The Morgan fingerprint density at radius 2 is 2.14 bits per heavy atom. The monoisotopic (exact) mass is 394 g/mol. The number of ether oxygens (including phenoxy) is 1. The molecule has 0 atom stereocenters. The summed E-state index contributed by atoms with van der Waals surface area (Å²) in [4.78, 5) is 20.2. The van der Waals surface area contributed by atoms with E-state index in [-0.39, 0.29) is 5.91 Å². The summed E-state index contributed by atoms with van der Waals surface area (Å²) in [5.41, 5.74) is 3.59. The van der Waals surface area contributed by atoms with E-state index >= 15 is 0 Å². The number of rotatable bonds is 8. The fourth-order valence-corrected chi connectivity index (χ4v) is 4.23. The molecule has 2 N–H and O–H groups in total. The molecule has 0 spiro atoms. The van der Waals surface area contributed by atoms with E-state index in [2.05, 4.69) is 51.2 Å². The van der Waals surface area contributed by atoms with Crippen LogP contribution in [0.4, 0.5) is 0 Å². The third-order valence-electron chi connectivity index (χ3n) is 5.85. The summed E-state index contributed by atoms with van der Waals surface area (Å²) in [6, 6.07) is 8.30. The van der Waals surface area contributed by atoms with Crippen molar-refractivity contribution in [2.45, 2.75) is 51.5 Å². The van der Waals surface area contributed by atoms with Crippen molar-refractivity contribution in [1.82, 2.24) is 19.9 Å². The lowest BCUT2D eigenvalue weighted by molar-refractivity contribution is -0.121. The molecule has 2 aromatic heterocycles. The molecular formula is C23H30N4O2. The van der Waals surface area contributed by atoms with Crippen molar-refractivity contribution >= 4 is 16.8 Å². The van der Waals surface area contributed by atoms with Crippen LogP contribution >= 0.6 is 0 Å². The lowest BCUT2D eigenvalue weighted by Crippen LogP contribution is -2.28. The predicted octanol–water partition coefficient (Wildman–Crippen LogP) is 3.71. The number of nitrogens with one attached hydrogen (secondary N) is 2. The molecule has 1 aliphatic heterocycles. The van der Waals surface area contributed by atoms with Gasteiger partial charge in [-0.15, -0.1) is 0 Å².